The van der Waals surface area contributed by atoms with E-state index in [4.69, 9.17) is 0 Å². The summed E-state index contributed by atoms with van der Waals surface area (Å²) in [6, 6.07) is 72.7. The van der Waals surface area contributed by atoms with Gasteiger partial charge in [0.15, 0.2) is 0 Å². The highest BCUT2D eigenvalue weighted by Gasteiger charge is 2.27. The van der Waals surface area contributed by atoms with E-state index in [0.717, 1.165) is 0 Å². The van der Waals surface area contributed by atoms with Crippen LogP contribution in [0.15, 0.2) is 194 Å². The van der Waals surface area contributed by atoms with Crippen molar-refractivity contribution in [2.45, 2.75) is 0 Å². The maximum absolute atomic E-state index is 2.53. The van der Waals surface area contributed by atoms with E-state index >= 15 is 0 Å². The van der Waals surface area contributed by atoms with Crippen molar-refractivity contribution in [2.75, 3.05) is 0 Å². The molecule has 13 rings (SSSR count). The van der Waals surface area contributed by atoms with Gasteiger partial charge in [-0.3, -0.25) is 0 Å². The first-order chi connectivity index (χ1) is 27.8. The smallest absolute Gasteiger partial charge is 0.000697 e. The Balaban J connectivity index is 1.26. The molecule has 0 aliphatic carbocycles. The Morgan fingerprint density at radius 1 is 0.179 bits per heavy atom. The van der Waals surface area contributed by atoms with Crippen LogP contribution in [0.25, 0.3) is 130 Å². The van der Waals surface area contributed by atoms with Crippen LogP contribution in [-0.2, 0) is 0 Å². The van der Waals surface area contributed by atoms with Crippen molar-refractivity contribution in [3.05, 3.63) is 194 Å². The molecule has 0 amide bonds. The molecular weight excluding hydrogens is 673 g/mol. The standard InChI is InChI=1S/C56H32/c1-3-14-34(15-4-1)50-49-32-47-41-20-10-9-19-40(41)42-21-11-23-44(52(42)47)54(49)51(35-16-5-2-6-17-35)56-48-31-39-28-27-38(37-26-25-33-13-7-8-18-36(33)29-37)30-46(39)43-22-12-24-45(53(43)48)55(50)56/h1-32H. The molecule has 0 saturated heterocycles. The van der Waals surface area contributed by atoms with Gasteiger partial charge in [0.1, 0.15) is 0 Å². The first-order valence-electron chi connectivity index (χ1n) is 19.6. The minimum Gasteiger partial charge on any atom is -0.0622 e. The predicted octanol–water partition coefficient (Wildman–Crippen LogP) is 15.9. The molecule has 0 aliphatic heterocycles. The molecule has 0 nitrogen and oxygen atoms in total. The van der Waals surface area contributed by atoms with Gasteiger partial charge in [0.2, 0.25) is 0 Å². The maximum atomic E-state index is 2.53. The monoisotopic (exact) mass is 704 g/mol. The molecule has 0 radical (unpaired) electrons. The Morgan fingerprint density at radius 2 is 0.696 bits per heavy atom. The van der Waals surface area contributed by atoms with E-state index in [1.807, 2.05) is 0 Å². The van der Waals surface area contributed by atoms with Gasteiger partial charge in [-0.05, 0) is 155 Å². The average molecular weight is 705 g/mol. The fourth-order valence-corrected chi connectivity index (χ4v) is 10.4. The summed E-state index contributed by atoms with van der Waals surface area (Å²) in [5, 5.41) is 23.7. The first-order valence-corrected chi connectivity index (χ1v) is 19.6. The zero-order valence-corrected chi connectivity index (χ0v) is 30.5. The van der Waals surface area contributed by atoms with Gasteiger partial charge in [-0.2, -0.15) is 0 Å². The summed E-state index contributed by atoms with van der Waals surface area (Å²) in [4.78, 5) is 0. The number of benzene rings is 11. The third-order valence-electron chi connectivity index (χ3n) is 12.7. The molecule has 13 aromatic carbocycles. The van der Waals surface area contributed by atoms with Gasteiger partial charge in [-0.15, -0.1) is 0 Å². The van der Waals surface area contributed by atoms with Crippen molar-refractivity contribution in [1.82, 2.24) is 0 Å². The molecule has 256 valence electrons. The summed E-state index contributed by atoms with van der Waals surface area (Å²) in [6.45, 7) is 0. The SMILES string of the molecule is c1ccc(-c2c3cc4c5ccccc5c5cccc(c3c(-c3ccccc3)c3c6cc7ccc(-c8ccc9ccccc9c8)cc7c7cccc(c23)c76)c54)cc1. The highest BCUT2D eigenvalue weighted by molar-refractivity contribution is 6.46. The van der Waals surface area contributed by atoms with E-state index < -0.39 is 0 Å². The Labute approximate surface area is 323 Å². The summed E-state index contributed by atoms with van der Waals surface area (Å²) in [5.74, 6) is 0. The van der Waals surface area contributed by atoms with Crippen molar-refractivity contribution in [2.24, 2.45) is 0 Å². The average Bonchev–Trinajstić information content (AvgIpc) is 3.77. The Bertz CT molecular complexity index is 3720. The van der Waals surface area contributed by atoms with Gasteiger partial charge in [-0.25, -0.2) is 0 Å². The fraction of sp³-hybridized carbons (Fsp3) is 0. The molecule has 0 heteroatoms. The van der Waals surface area contributed by atoms with E-state index in [1.165, 1.54) is 130 Å². The molecule has 0 atom stereocenters. The molecule has 0 fully saturated rings. The van der Waals surface area contributed by atoms with Crippen molar-refractivity contribution >= 4 is 97.0 Å². The van der Waals surface area contributed by atoms with Gasteiger partial charge in [0, 0.05) is 0 Å². The van der Waals surface area contributed by atoms with E-state index in [0.29, 0.717) is 0 Å². The lowest BCUT2D eigenvalue weighted by Crippen LogP contribution is -1.91. The second kappa shape index (κ2) is 11.1. The zero-order chi connectivity index (χ0) is 36.5. The molecule has 0 unspecified atom stereocenters. The minimum atomic E-state index is 1.24. The van der Waals surface area contributed by atoms with Crippen LogP contribution in [0, 0.1) is 0 Å². The number of hydrogen-bond acceptors (Lipinski definition) is 0. The van der Waals surface area contributed by atoms with Crippen LogP contribution in [0.5, 0.6) is 0 Å². The van der Waals surface area contributed by atoms with Crippen molar-refractivity contribution in [3.63, 3.8) is 0 Å². The Kier molecular flexibility index (Phi) is 5.98. The molecular formula is C56H32. The molecule has 13 aromatic rings. The number of rotatable bonds is 3. The van der Waals surface area contributed by atoms with Gasteiger partial charge < -0.3 is 0 Å². The minimum absolute atomic E-state index is 1.24. The predicted molar refractivity (Wildman–Crippen MR) is 243 cm³/mol. The molecule has 0 N–H and O–H groups in total. The molecule has 0 aromatic heterocycles. The van der Waals surface area contributed by atoms with Gasteiger partial charge in [0.25, 0.3) is 0 Å². The van der Waals surface area contributed by atoms with Crippen molar-refractivity contribution in [1.29, 1.82) is 0 Å². The number of fused-ring (bicyclic) bond motifs is 11. The summed E-state index contributed by atoms with van der Waals surface area (Å²) in [7, 11) is 0. The van der Waals surface area contributed by atoms with Crippen LogP contribution < -0.4 is 0 Å². The highest BCUT2D eigenvalue weighted by atomic mass is 14.3. The maximum Gasteiger partial charge on any atom is -0.000697 e. The van der Waals surface area contributed by atoms with Crippen LogP contribution in [0.3, 0.4) is 0 Å². The third kappa shape index (κ3) is 3.98. The molecule has 0 bridgehead atoms. The molecule has 0 saturated carbocycles. The first kappa shape index (κ1) is 30.1. The quantitative estimate of drug-likeness (QED) is 0.161. The van der Waals surface area contributed by atoms with Gasteiger partial charge in [-0.1, -0.05) is 170 Å². The Hall–Kier alpha value is -7.28. The zero-order valence-electron chi connectivity index (χ0n) is 30.5. The normalized spacial score (nSPS) is 12.3. The van der Waals surface area contributed by atoms with Gasteiger partial charge >= 0.3 is 0 Å². The van der Waals surface area contributed by atoms with Crippen LogP contribution in [0.1, 0.15) is 0 Å². The van der Waals surface area contributed by atoms with Crippen LogP contribution in [-0.4, -0.2) is 0 Å². The molecule has 0 spiro atoms. The highest BCUT2D eigenvalue weighted by Crippen LogP contribution is 2.55. The molecule has 0 aliphatic rings. The van der Waals surface area contributed by atoms with Crippen molar-refractivity contribution < 1.29 is 0 Å². The molecule has 56 heavy (non-hydrogen) atoms. The largest absolute Gasteiger partial charge is 0.0622 e. The summed E-state index contributed by atoms with van der Waals surface area (Å²) in [5.41, 5.74) is 7.61. The van der Waals surface area contributed by atoms with Crippen molar-refractivity contribution in [3.8, 4) is 33.4 Å². The lowest BCUT2D eigenvalue weighted by molar-refractivity contribution is 1.68. The second-order valence-corrected chi connectivity index (χ2v) is 15.5. The van der Waals surface area contributed by atoms with E-state index in [2.05, 4.69) is 194 Å². The topological polar surface area (TPSA) is 0 Å². The van der Waals surface area contributed by atoms with Crippen LogP contribution in [0.2, 0.25) is 0 Å². The van der Waals surface area contributed by atoms with Crippen LogP contribution >= 0.6 is 0 Å². The van der Waals surface area contributed by atoms with E-state index in [9.17, 15) is 0 Å². The van der Waals surface area contributed by atoms with Crippen LogP contribution in [0.4, 0.5) is 0 Å². The lowest BCUT2D eigenvalue weighted by Gasteiger charge is -2.19. The summed E-state index contributed by atoms with van der Waals surface area (Å²) in [6.07, 6.45) is 0. The Morgan fingerprint density at radius 3 is 1.45 bits per heavy atom. The summed E-state index contributed by atoms with van der Waals surface area (Å²) < 4.78 is 0. The van der Waals surface area contributed by atoms with E-state index in [1.54, 1.807) is 0 Å². The fourth-order valence-electron chi connectivity index (χ4n) is 10.4. The van der Waals surface area contributed by atoms with Gasteiger partial charge in [0.05, 0.1) is 0 Å². The van der Waals surface area contributed by atoms with E-state index in [-0.39, 0.29) is 0 Å². The lowest BCUT2D eigenvalue weighted by atomic mass is 9.84. The number of hydrogen-bond donors (Lipinski definition) is 0. The third-order valence-corrected chi connectivity index (χ3v) is 12.7. The summed E-state index contributed by atoms with van der Waals surface area (Å²) >= 11 is 0. The second-order valence-electron chi connectivity index (χ2n) is 15.5. The molecule has 0 heterocycles.